The highest BCUT2D eigenvalue weighted by molar-refractivity contribution is 7.10. The van der Waals surface area contributed by atoms with Crippen LogP contribution in [0.25, 0.3) is 17.7 Å². The smallest absolute Gasteiger partial charge is 0.0551 e. The van der Waals surface area contributed by atoms with Crippen molar-refractivity contribution >= 4 is 29.1 Å². The van der Waals surface area contributed by atoms with E-state index in [0.29, 0.717) is 6.04 Å². The summed E-state index contributed by atoms with van der Waals surface area (Å²) in [4.78, 5) is 1.60. The van der Waals surface area contributed by atoms with Gasteiger partial charge in [0.2, 0.25) is 0 Å². The molecule has 1 aromatic heterocycles. The first-order valence-electron chi connectivity index (χ1n) is 9.98. The van der Waals surface area contributed by atoms with Crippen LogP contribution in [0, 0.1) is 0 Å². The molecule has 0 radical (unpaired) electrons. The molecule has 0 saturated heterocycles. The van der Waals surface area contributed by atoms with Crippen molar-refractivity contribution in [1.29, 1.82) is 0 Å². The molecule has 1 aromatic rings. The van der Waals surface area contributed by atoms with Crippen LogP contribution in [0.15, 0.2) is 52.8 Å². The first kappa shape index (κ1) is 15.0. The topological polar surface area (TPSA) is 12.0 Å². The first-order chi connectivity index (χ1) is 12.9. The van der Waals surface area contributed by atoms with E-state index in [9.17, 15) is 0 Å². The van der Waals surface area contributed by atoms with Gasteiger partial charge in [-0.3, -0.25) is 0 Å². The Balaban J connectivity index is 1.49. The van der Waals surface area contributed by atoms with Gasteiger partial charge in [-0.25, -0.2) is 0 Å². The highest BCUT2D eigenvalue weighted by Gasteiger charge is 2.31. The molecule has 4 aliphatic carbocycles. The molecule has 130 valence electrons. The van der Waals surface area contributed by atoms with Crippen molar-refractivity contribution in [2.24, 2.45) is 0 Å². The summed E-state index contributed by atoms with van der Waals surface area (Å²) >= 11 is 2.07. The molecule has 2 heterocycles. The molecule has 0 aromatic carbocycles. The zero-order chi connectivity index (χ0) is 17.1. The minimum Gasteiger partial charge on any atom is -0.378 e. The molecule has 1 aliphatic heterocycles. The number of fused-ring (bicyclic) bond motifs is 5. The van der Waals surface area contributed by atoms with E-state index in [1.807, 2.05) is 0 Å². The van der Waals surface area contributed by atoms with Crippen LogP contribution in [0.3, 0.4) is 0 Å². The molecule has 0 fully saturated rings. The van der Waals surface area contributed by atoms with Gasteiger partial charge in [0.1, 0.15) is 0 Å². The Bertz CT molecular complexity index is 1080. The van der Waals surface area contributed by atoms with Crippen molar-refractivity contribution in [2.45, 2.75) is 51.0 Å². The Morgan fingerprint density at radius 3 is 3.00 bits per heavy atom. The fraction of sp³-hybridized carbons (Fsp3) is 0.333. The molecule has 0 amide bonds. The monoisotopic (exact) mass is 357 g/mol. The second-order valence-electron chi connectivity index (χ2n) is 7.89. The molecule has 1 unspecified atom stereocenters. The van der Waals surface area contributed by atoms with Crippen molar-refractivity contribution in [2.75, 3.05) is 0 Å². The van der Waals surface area contributed by atoms with Crippen LogP contribution in [0.5, 0.6) is 0 Å². The Morgan fingerprint density at radius 2 is 2.00 bits per heavy atom. The Labute approximate surface area is 158 Å². The standard InChI is InChI=1S/C24H23NS/c1-3-10-21-17(6-1)18-13-12-15(14-22(18)25-21)16-8-5-9-20-19-7-2-4-11-23(19)26-24(16)20/h1-3,6-7,9,14,21,25H,4-5,8,10-13H2. The summed E-state index contributed by atoms with van der Waals surface area (Å²) in [7, 11) is 0. The van der Waals surface area contributed by atoms with Gasteiger partial charge in [0.05, 0.1) is 6.04 Å². The van der Waals surface area contributed by atoms with E-state index in [2.05, 4.69) is 59.2 Å². The van der Waals surface area contributed by atoms with Gasteiger partial charge in [-0.05, 0) is 84.1 Å². The van der Waals surface area contributed by atoms with Crippen molar-refractivity contribution in [1.82, 2.24) is 5.32 Å². The number of thiophene rings is 1. The van der Waals surface area contributed by atoms with Crippen LogP contribution in [-0.4, -0.2) is 6.04 Å². The summed E-state index contributed by atoms with van der Waals surface area (Å²) < 4.78 is 1.57. The lowest BCUT2D eigenvalue weighted by Gasteiger charge is -2.19. The SMILES string of the molecule is C1=CCC2NC3=C(CCC(C4=c5sc6c(c5=CCC4)C=CCC6)=C3)C2=C1. The third-order valence-electron chi connectivity index (χ3n) is 6.41. The fourth-order valence-electron chi connectivity index (χ4n) is 5.16. The number of aryl methyl sites for hydroxylation is 1. The minimum absolute atomic E-state index is 0.514. The van der Waals surface area contributed by atoms with Gasteiger partial charge < -0.3 is 5.32 Å². The van der Waals surface area contributed by atoms with Gasteiger partial charge in [0.15, 0.2) is 0 Å². The summed E-state index contributed by atoms with van der Waals surface area (Å²) in [6, 6.07) is 0.514. The van der Waals surface area contributed by atoms with Gasteiger partial charge in [0, 0.05) is 15.1 Å². The number of hydrogen-bond acceptors (Lipinski definition) is 2. The summed E-state index contributed by atoms with van der Waals surface area (Å²) in [6.45, 7) is 0. The maximum atomic E-state index is 3.79. The number of hydrogen-bond donors (Lipinski definition) is 1. The van der Waals surface area contributed by atoms with Crippen LogP contribution in [0.2, 0.25) is 0 Å². The predicted octanol–water partition coefficient (Wildman–Crippen LogP) is 4.26. The van der Waals surface area contributed by atoms with E-state index in [0.717, 1.165) is 6.42 Å². The maximum Gasteiger partial charge on any atom is 0.0551 e. The zero-order valence-corrected chi connectivity index (χ0v) is 15.8. The van der Waals surface area contributed by atoms with Gasteiger partial charge >= 0.3 is 0 Å². The summed E-state index contributed by atoms with van der Waals surface area (Å²) in [5.74, 6) is 0. The van der Waals surface area contributed by atoms with Crippen LogP contribution in [-0.2, 0) is 6.42 Å². The highest BCUT2D eigenvalue weighted by atomic mass is 32.1. The van der Waals surface area contributed by atoms with Crippen LogP contribution >= 0.6 is 11.3 Å². The van der Waals surface area contributed by atoms with E-state index in [4.69, 9.17) is 0 Å². The van der Waals surface area contributed by atoms with E-state index in [1.165, 1.54) is 60.6 Å². The Kier molecular flexibility index (Phi) is 3.31. The average molecular weight is 358 g/mol. The largest absolute Gasteiger partial charge is 0.378 e. The number of rotatable bonds is 1. The van der Waals surface area contributed by atoms with Gasteiger partial charge in [-0.2, -0.15) is 0 Å². The first-order valence-corrected chi connectivity index (χ1v) is 10.8. The molecule has 0 bridgehead atoms. The Hall–Kier alpha value is -2.06. The normalized spacial score (nSPS) is 25.5. The van der Waals surface area contributed by atoms with Crippen molar-refractivity contribution in [3.8, 4) is 0 Å². The molecule has 1 nitrogen and oxygen atoms in total. The quantitative estimate of drug-likeness (QED) is 0.792. The third kappa shape index (κ3) is 2.15. The van der Waals surface area contributed by atoms with Gasteiger partial charge in [-0.15, -0.1) is 11.3 Å². The van der Waals surface area contributed by atoms with Crippen molar-refractivity contribution in [3.63, 3.8) is 0 Å². The lowest BCUT2D eigenvalue weighted by molar-refractivity contribution is 0.693. The van der Waals surface area contributed by atoms with E-state index >= 15 is 0 Å². The van der Waals surface area contributed by atoms with Gasteiger partial charge in [-0.1, -0.05) is 36.5 Å². The molecular weight excluding hydrogens is 334 g/mol. The fourth-order valence-corrected chi connectivity index (χ4v) is 6.57. The van der Waals surface area contributed by atoms with E-state index < -0.39 is 0 Å². The summed E-state index contributed by atoms with van der Waals surface area (Å²) in [5.41, 5.74) is 9.24. The summed E-state index contributed by atoms with van der Waals surface area (Å²) in [5, 5.41) is 5.32. The second-order valence-corrected chi connectivity index (χ2v) is 8.99. The Morgan fingerprint density at radius 1 is 1.00 bits per heavy atom. The molecule has 2 heteroatoms. The lowest BCUT2D eigenvalue weighted by Crippen LogP contribution is -2.27. The van der Waals surface area contributed by atoms with Crippen molar-refractivity contribution in [3.05, 3.63) is 73.0 Å². The van der Waals surface area contributed by atoms with Crippen LogP contribution in [0.4, 0.5) is 0 Å². The van der Waals surface area contributed by atoms with Crippen LogP contribution in [0.1, 0.15) is 49.0 Å². The number of nitrogens with one attached hydrogen (secondary N) is 1. The number of allylic oxidation sites excluding steroid dienone is 5. The van der Waals surface area contributed by atoms with Crippen LogP contribution < -0.4 is 15.1 Å². The zero-order valence-electron chi connectivity index (χ0n) is 15.0. The van der Waals surface area contributed by atoms with Gasteiger partial charge in [0.25, 0.3) is 0 Å². The molecule has 6 rings (SSSR count). The molecular formula is C24H23NS. The summed E-state index contributed by atoms with van der Waals surface area (Å²) in [6.07, 6.45) is 24.9. The lowest BCUT2D eigenvalue weighted by atomic mass is 9.85. The molecule has 5 aliphatic rings. The van der Waals surface area contributed by atoms with E-state index in [1.54, 1.807) is 26.1 Å². The molecule has 1 atom stereocenters. The third-order valence-corrected chi connectivity index (χ3v) is 7.75. The predicted molar refractivity (Wildman–Crippen MR) is 111 cm³/mol. The average Bonchev–Trinajstić information content (AvgIpc) is 3.25. The molecule has 1 N–H and O–H groups in total. The maximum absolute atomic E-state index is 3.79. The molecule has 0 saturated carbocycles. The second kappa shape index (κ2) is 5.72. The molecule has 26 heavy (non-hydrogen) atoms. The van der Waals surface area contributed by atoms with E-state index in [-0.39, 0.29) is 0 Å². The van der Waals surface area contributed by atoms with Crippen molar-refractivity contribution < 1.29 is 0 Å². The molecule has 0 spiro atoms. The minimum atomic E-state index is 0.514. The highest BCUT2D eigenvalue weighted by Crippen LogP contribution is 2.40.